The Morgan fingerprint density at radius 2 is 1.76 bits per heavy atom. The van der Waals surface area contributed by atoms with E-state index in [4.69, 9.17) is 18.0 Å². The van der Waals surface area contributed by atoms with Gasteiger partial charge in [-0.05, 0) is 13.8 Å². The third kappa shape index (κ3) is 8.09. The van der Waals surface area contributed by atoms with E-state index in [9.17, 15) is 4.79 Å². The van der Waals surface area contributed by atoms with E-state index in [2.05, 4.69) is 6.58 Å². The number of ether oxygens (including phenoxy) is 1. The monoisotopic (exact) mass is 262 g/mol. The molecule has 0 fully saturated rings. The van der Waals surface area contributed by atoms with Crippen LogP contribution in [0.3, 0.4) is 0 Å². The second-order valence-electron chi connectivity index (χ2n) is 3.30. The molecule has 0 aliphatic rings. The third-order valence-corrected chi connectivity index (χ3v) is 4.23. The van der Waals surface area contributed by atoms with Crippen molar-refractivity contribution in [1.29, 1.82) is 0 Å². The lowest BCUT2D eigenvalue weighted by Gasteiger charge is -2.24. The average Bonchev–Trinajstić information content (AvgIpc) is 2.29. The lowest BCUT2D eigenvalue weighted by Crippen LogP contribution is -2.43. The number of carbonyl (C=O) groups is 1. The summed E-state index contributed by atoms with van der Waals surface area (Å²) < 4.78 is 21.4. The van der Waals surface area contributed by atoms with Crippen molar-refractivity contribution in [3.05, 3.63) is 12.7 Å². The molecular formula is C11H22O5Si. The molecule has 0 spiro atoms. The van der Waals surface area contributed by atoms with Crippen LogP contribution >= 0.6 is 0 Å². The van der Waals surface area contributed by atoms with E-state index in [0.717, 1.165) is 6.08 Å². The van der Waals surface area contributed by atoms with Crippen LogP contribution < -0.4 is 0 Å². The Labute approximate surface area is 104 Å². The Morgan fingerprint density at radius 1 is 1.18 bits per heavy atom. The minimum atomic E-state index is -2.50. The zero-order valence-electron chi connectivity index (χ0n) is 10.9. The van der Waals surface area contributed by atoms with Crippen molar-refractivity contribution in [3.63, 3.8) is 0 Å². The molecule has 17 heavy (non-hydrogen) atoms. The second-order valence-corrected chi connectivity index (χ2v) is 5.89. The van der Waals surface area contributed by atoms with Crippen LogP contribution in [0.5, 0.6) is 0 Å². The lowest BCUT2D eigenvalue weighted by molar-refractivity contribution is -0.138. The van der Waals surface area contributed by atoms with Crippen molar-refractivity contribution in [2.75, 3.05) is 26.4 Å². The molecule has 0 unspecified atom stereocenters. The molecule has 0 saturated heterocycles. The minimum absolute atomic E-state index is 0.313. The lowest BCUT2D eigenvalue weighted by atomic mass is 10.5. The van der Waals surface area contributed by atoms with Crippen molar-refractivity contribution in [1.82, 2.24) is 0 Å². The molecule has 5 nitrogen and oxygen atoms in total. The fraction of sp³-hybridized carbons (Fsp3) is 0.727. The molecule has 0 aliphatic carbocycles. The van der Waals surface area contributed by atoms with Gasteiger partial charge in [-0.15, -0.1) is 0 Å². The summed E-state index contributed by atoms with van der Waals surface area (Å²) in [6, 6.07) is 0. The average molecular weight is 262 g/mol. The maximum Gasteiger partial charge on any atom is 0.497 e. The van der Waals surface area contributed by atoms with E-state index in [1.807, 2.05) is 20.4 Å². The number of hydrogen-bond acceptors (Lipinski definition) is 5. The fourth-order valence-corrected chi connectivity index (χ4v) is 3.01. The Morgan fingerprint density at radius 3 is 2.24 bits per heavy atom. The normalized spacial score (nSPS) is 11.2. The second kappa shape index (κ2) is 9.35. The molecule has 0 aromatic heterocycles. The van der Waals surface area contributed by atoms with Crippen LogP contribution in [-0.4, -0.2) is 41.2 Å². The molecule has 0 amide bonds. The van der Waals surface area contributed by atoms with Gasteiger partial charge in [-0.1, -0.05) is 6.58 Å². The van der Waals surface area contributed by atoms with Gasteiger partial charge in [0.2, 0.25) is 0 Å². The fourth-order valence-electron chi connectivity index (χ4n) is 1.20. The van der Waals surface area contributed by atoms with E-state index < -0.39 is 14.8 Å². The third-order valence-electron chi connectivity index (χ3n) is 1.88. The maximum absolute atomic E-state index is 10.8. The standard InChI is InChI=1S/C11H22O5Si/c1-5-11(12)13-9-8-10-16-17(4,14-6-2)15-7-3/h5H,1,6-10H2,2-4H3. The summed E-state index contributed by atoms with van der Waals surface area (Å²) in [5, 5.41) is 0. The smallest absolute Gasteiger partial charge is 0.462 e. The van der Waals surface area contributed by atoms with Crippen LogP contribution in [-0.2, 0) is 22.8 Å². The predicted molar refractivity (Wildman–Crippen MR) is 66.6 cm³/mol. The molecule has 0 atom stereocenters. The topological polar surface area (TPSA) is 54.0 Å². The van der Waals surface area contributed by atoms with Crippen molar-refractivity contribution in [3.8, 4) is 0 Å². The Balaban J connectivity index is 3.74. The quantitative estimate of drug-likeness (QED) is 0.260. The molecule has 0 radical (unpaired) electrons. The number of esters is 1. The molecule has 0 aromatic rings. The number of hydrogen-bond donors (Lipinski definition) is 0. The highest BCUT2D eigenvalue weighted by molar-refractivity contribution is 6.59. The highest BCUT2D eigenvalue weighted by Gasteiger charge is 2.33. The summed E-state index contributed by atoms with van der Waals surface area (Å²) in [4.78, 5) is 10.8. The molecule has 0 saturated carbocycles. The van der Waals surface area contributed by atoms with Crippen LogP contribution in [0.1, 0.15) is 20.3 Å². The van der Waals surface area contributed by atoms with Crippen molar-refractivity contribution in [2.24, 2.45) is 0 Å². The van der Waals surface area contributed by atoms with Gasteiger partial charge in [0.25, 0.3) is 0 Å². The summed E-state index contributed by atoms with van der Waals surface area (Å²) in [6.45, 7) is 10.9. The van der Waals surface area contributed by atoms with Crippen molar-refractivity contribution < 1.29 is 22.8 Å². The van der Waals surface area contributed by atoms with Gasteiger partial charge in [0, 0.05) is 38.9 Å². The van der Waals surface area contributed by atoms with Crippen LogP contribution in [0.2, 0.25) is 6.55 Å². The van der Waals surface area contributed by atoms with Gasteiger partial charge in [-0.3, -0.25) is 0 Å². The summed E-state index contributed by atoms with van der Waals surface area (Å²) in [7, 11) is -2.50. The minimum Gasteiger partial charge on any atom is -0.462 e. The SMILES string of the molecule is C=CC(=O)OCCCO[Si](C)(OCC)OCC. The molecule has 0 N–H and O–H groups in total. The van der Waals surface area contributed by atoms with E-state index in [-0.39, 0.29) is 0 Å². The van der Waals surface area contributed by atoms with Gasteiger partial charge >= 0.3 is 14.8 Å². The summed E-state index contributed by atoms with van der Waals surface area (Å²) in [5.74, 6) is -0.417. The van der Waals surface area contributed by atoms with E-state index in [1.54, 1.807) is 0 Å². The van der Waals surface area contributed by atoms with Crippen LogP contribution in [0.15, 0.2) is 12.7 Å². The molecule has 0 heterocycles. The highest BCUT2D eigenvalue weighted by atomic mass is 28.4. The molecule has 6 heteroatoms. The first-order chi connectivity index (χ1) is 8.08. The van der Waals surface area contributed by atoms with Crippen LogP contribution in [0.4, 0.5) is 0 Å². The van der Waals surface area contributed by atoms with E-state index >= 15 is 0 Å². The zero-order chi connectivity index (χ0) is 13.1. The Kier molecular flexibility index (Phi) is 8.97. The Bertz CT molecular complexity index is 226. The largest absolute Gasteiger partial charge is 0.497 e. The van der Waals surface area contributed by atoms with Crippen molar-refractivity contribution >= 4 is 14.8 Å². The Hall–Kier alpha value is -0.693. The summed E-state index contributed by atoms with van der Waals surface area (Å²) in [6.07, 6.45) is 1.75. The zero-order valence-corrected chi connectivity index (χ0v) is 11.9. The molecule has 0 rings (SSSR count). The number of rotatable bonds is 10. The first-order valence-electron chi connectivity index (χ1n) is 5.79. The molecule has 0 aliphatic heterocycles. The molecular weight excluding hydrogens is 240 g/mol. The first kappa shape index (κ1) is 16.3. The van der Waals surface area contributed by atoms with Crippen LogP contribution in [0.25, 0.3) is 0 Å². The number of carbonyl (C=O) groups excluding carboxylic acids is 1. The van der Waals surface area contributed by atoms with E-state index in [1.165, 1.54) is 0 Å². The van der Waals surface area contributed by atoms with E-state index in [0.29, 0.717) is 32.8 Å². The maximum atomic E-state index is 10.8. The van der Waals surface area contributed by atoms with Gasteiger partial charge in [0.05, 0.1) is 6.61 Å². The summed E-state index contributed by atoms with van der Waals surface area (Å²) in [5.41, 5.74) is 0. The van der Waals surface area contributed by atoms with Gasteiger partial charge in [0.15, 0.2) is 0 Å². The van der Waals surface area contributed by atoms with Crippen LogP contribution in [0, 0.1) is 0 Å². The molecule has 0 bridgehead atoms. The van der Waals surface area contributed by atoms with Gasteiger partial charge in [-0.2, -0.15) is 0 Å². The summed E-state index contributed by atoms with van der Waals surface area (Å²) >= 11 is 0. The van der Waals surface area contributed by atoms with Crippen molar-refractivity contribution in [2.45, 2.75) is 26.8 Å². The van der Waals surface area contributed by atoms with Gasteiger partial charge in [0.1, 0.15) is 0 Å². The predicted octanol–water partition coefficient (Wildman–Crippen LogP) is 1.76. The molecule has 100 valence electrons. The van der Waals surface area contributed by atoms with Gasteiger partial charge in [-0.25, -0.2) is 4.79 Å². The molecule has 0 aromatic carbocycles. The van der Waals surface area contributed by atoms with Gasteiger partial charge < -0.3 is 18.0 Å². The first-order valence-corrected chi connectivity index (χ1v) is 8.01. The highest BCUT2D eigenvalue weighted by Crippen LogP contribution is 2.09.